The summed E-state index contributed by atoms with van der Waals surface area (Å²) in [5.41, 5.74) is 13.3. The van der Waals surface area contributed by atoms with Gasteiger partial charge in [0.2, 0.25) is 0 Å². The van der Waals surface area contributed by atoms with E-state index in [4.69, 9.17) is 10.1 Å². The maximum absolute atomic E-state index is 5.37. The third-order valence-electron chi connectivity index (χ3n) is 9.36. The van der Waals surface area contributed by atoms with Crippen LogP contribution in [0.4, 0.5) is 0 Å². The third kappa shape index (κ3) is 4.61. The van der Waals surface area contributed by atoms with Gasteiger partial charge in [0.05, 0.1) is 22.2 Å². The Morgan fingerprint density at radius 2 is 1.10 bits per heavy atom. The molecule has 3 heterocycles. The van der Waals surface area contributed by atoms with Crippen molar-refractivity contribution >= 4 is 27.3 Å². The largest absolute Gasteiger partial charge is 0.324 e. The molecule has 0 amide bonds. The van der Waals surface area contributed by atoms with Gasteiger partial charge in [-0.05, 0) is 47.2 Å². The zero-order valence-electron chi connectivity index (χ0n) is 26.6. The Hall–Kier alpha value is -6.26. The fourth-order valence-corrected chi connectivity index (χ4v) is 7.03. The fourth-order valence-electron chi connectivity index (χ4n) is 7.03. The quantitative estimate of drug-likeness (QED) is 0.186. The van der Waals surface area contributed by atoms with E-state index in [9.17, 15) is 0 Å². The molecule has 3 aromatic heterocycles. The molecule has 4 heteroatoms. The van der Waals surface area contributed by atoms with Crippen molar-refractivity contribution in [2.45, 2.75) is 13.5 Å². The number of imidazole rings is 1. The molecule has 0 N–H and O–H groups in total. The van der Waals surface area contributed by atoms with Gasteiger partial charge in [0, 0.05) is 34.2 Å². The zero-order chi connectivity index (χ0) is 32.0. The number of aryl methyl sites for hydroxylation is 1. The summed E-state index contributed by atoms with van der Waals surface area (Å²) >= 11 is 0. The highest BCUT2D eigenvalue weighted by Crippen LogP contribution is 2.41. The Bertz CT molecular complexity index is 2560. The number of para-hydroxylation sites is 2. The molecule has 0 fully saturated rings. The first-order valence-electron chi connectivity index (χ1n) is 16.5. The SMILES string of the molecule is CCn1c(-c2ccc(-c3ccc(-c4nn5c(-c6ccccc6)cc6ccccc6c5c4-c4ccccc4)cc3)cc2)nc2ccccc21. The predicted octanol–water partition coefficient (Wildman–Crippen LogP) is 11.2. The first kappa shape index (κ1) is 28.0. The van der Waals surface area contributed by atoms with Gasteiger partial charge in [-0.3, -0.25) is 0 Å². The van der Waals surface area contributed by atoms with Crippen molar-refractivity contribution in [2.24, 2.45) is 0 Å². The number of fused-ring (bicyclic) bond motifs is 4. The van der Waals surface area contributed by atoms with Crippen LogP contribution in [0.3, 0.4) is 0 Å². The second kappa shape index (κ2) is 11.5. The zero-order valence-corrected chi connectivity index (χ0v) is 26.6. The molecule has 48 heavy (non-hydrogen) atoms. The average molecular weight is 617 g/mol. The van der Waals surface area contributed by atoms with E-state index in [2.05, 4.69) is 174 Å². The molecule has 6 aromatic carbocycles. The van der Waals surface area contributed by atoms with Crippen LogP contribution < -0.4 is 0 Å². The minimum atomic E-state index is 0.871. The van der Waals surface area contributed by atoms with Crippen molar-refractivity contribution in [1.29, 1.82) is 0 Å². The topological polar surface area (TPSA) is 35.1 Å². The monoisotopic (exact) mass is 616 g/mol. The summed E-state index contributed by atoms with van der Waals surface area (Å²) in [5, 5.41) is 7.75. The maximum Gasteiger partial charge on any atom is 0.141 e. The number of pyridine rings is 1. The summed E-state index contributed by atoms with van der Waals surface area (Å²) in [5.74, 6) is 1.00. The van der Waals surface area contributed by atoms with Gasteiger partial charge in [0.15, 0.2) is 0 Å². The molecule has 0 unspecified atom stereocenters. The van der Waals surface area contributed by atoms with E-state index in [0.29, 0.717) is 0 Å². The lowest BCUT2D eigenvalue weighted by Crippen LogP contribution is -1.97. The summed E-state index contributed by atoms with van der Waals surface area (Å²) < 4.78 is 4.43. The van der Waals surface area contributed by atoms with Crippen molar-refractivity contribution in [3.8, 4) is 56.2 Å². The fraction of sp³-hybridized carbons (Fsp3) is 0.0455. The summed E-state index contributed by atoms with van der Waals surface area (Å²) in [6.07, 6.45) is 0. The number of hydrogen-bond donors (Lipinski definition) is 0. The van der Waals surface area contributed by atoms with Gasteiger partial charge >= 0.3 is 0 Å². The Morgan fingerprint density at radius 3 is 1.81 bits per heavy atom. The standard InChI is InChI=1S/C44H32N4/c1-2-47-39-20-12-11-19-38(39)45-44(47)35-27-23-31(24-28-35)30-21-25-34(26-22-30)42-41(33-15-7-4-8-16-33)43-37-18-10-9-17-36(37)29-40(48(43)46-42)32-13-5-3-6-14-32/h3-29H,2H2,1H3. The lowest BCUT2D eigenvalue weighted by molar-refractivity contribution is 0.796. The molecule has 0 bridgehead atoms. The lowest BCUT2D eigenvalue weighted by atomic mass is 9.95. The molecular weight excluding hydrogens is 585 g/mol. The predicted molar refractivity (Wildman–Crippen MR) is 199 cm³/mol. The number of aromatic nitrogens is 4. The molecule has 0 saturated heterocycles. The van der Waals surface area contributed by atoms with Gasteiger partial charge in [-0.25, -0.2) is 9.50 Å². The number of hydrogen-bond acceptors (Lipinski definition) is 2. The molecule has 0 radical (unpaired) electrons. The van der Waals surface area contributed by atoms with Crippen LogP contribution in [0.25, 0.3) is 83.5 Å². The first-order valence-corrected chi connectivity index (χ1v) is 16.5. The van der Waals surface area contributed by atoms with E-state index in [0.717, 1.165) is 68.2 Å². The minimum Gasteiger partial charge on any atom is -0.324 e. The summed E-state index contributed by atoms with van der Waals surface area (Å²) in [6, 6.07) is 58.0. The van der Waals surface area contributed by atoms with E-state index in [1.54, 1.807) is 0 Å². The lowest BCUT2D eigenvalue weighted by Gasteiger charge is -2.10. The van der Waals surface area contributed by atoms with Crippen molar-refractivity contribution in [3.05, 3.63) is 164 Å². The van der Waals surface area contributed by atoms with Gasteiger partial charge < -0.3 is 4.57 Å². The molecule has 0 saturated carbocycles. The van der Waals surface area contributed by atoms with E-state index in [1.165, 1.54) is 21.9 Å². The van der Waals surface area contributed by atoms with Gasteiger partial charge in [0.25, 0.3) is 0 Å². The van der Waals surface area contributed by atoms with Crippen LogP contribution in [0, 0.1) is 0 Å². The molecule has 9 rings (SSSR count). The maximum atomic E-state index is 5.37. The molecule has 0 aliphatic rings. The smallest absolute Gasteiger partial charge is 0.141 e. The summed E-state index contributed by atoms with van der Waals surface area (Å²) in [4.78, 5) is 4.95. The Morgan fingerprint density at radius 1 is 0.521 bits per heavy atom. The van der Waals surface area contributed by atoms with Gasteiger partial charge in [-0.1, -0.05) is 146 Å². The van der Waals surface area contributed by atoms with Gasteiger partial charge in [-0.15, -0.1) is 0 Å². The van der Waals surface area contributed by atoms with Crippen LogP contribution in [0.5, 0.6) is 0 Å². The number of rotatable bonds is 6. The van der Waals surface area contributed by atoms with Crippen molar-refractivity contribution < 1.29 is 0 Å². The average Bonchev–Trinajstić information content (AvgIpc) is 3.75. The van der Waals surface area contributed by atoms with E-state index < -0.39 is 0 Å². The van der Waals surface area contributed by atoms with Crippen molar-refractivity contribution in [3.63, 3.8) is 0 Å². The molecular formula is C44H32N4. The van der Waals surface area contributed by atoms with Crippen LogP contribution in [-0.4, -0.2) is 19.2 Å². The van der Waals surface area contributed by atoms with Gasteiger partial charge in [-0.2, -0.15) is 5.10 Å². The van der Waals surface area contributed by atoms with Crippen LogP contribution in [0.2, 0.25) is 0 Å². The van der Waals surface area contributed by atoms with Gasteiger partial charge in [0.1, 0.15) is 11.5 Å². The Balaban J connectivity index is 1.16. The summed E-state index contributed by atoms with van der Waals surface area (Å²) in [6.45, 7) is 3.04. The molecule has 228 valence electrons. The number of benzene rings is 6. The Labute approximate surface area is 279 Å². The second-order valence-electron chi connectivity index (χ2n) is 12.2. The van der Waals surface area contributed by atoms with Crippen LogP contribution >= 0.6 is 0 Å². The van der Waals surface area contributed by atoms with E-state index in [1.807, 2.05) is 6.07 Å². The van der Waals surface area contributed by atoms with Crippen molar-refractivity contribution in [1.82, 2.24) is 19.2 Å². The third-order valence-corrected chi connectivity index (χ3v) is 9.36. The highest BCUT2D eigenvalue weighted by Gasteiger charge is 2.21. The Kier molecular flexibility index (Phi) is 6.72. The van der Waals surface area contributed by atoms with Crippen LogP contribution in [-0.2, 0) is 6.54 Å². The molecule has 9 aromatic rings. The van der Waals surface area contributed by atoms with E-state index >= 15 is 0 Å². The second-order valence-corrected chi connectivity index (χ2v) is 12.2. The minimum absolute atomic E-state index is 0.871. The summed E-state index contributed by atoms with van der Waals surface area (Å²) in [7, 11) is 0. The first-order chi connectivity index (χ1) is 23.8. The normalized spacial score (nSPS) is 11.5. The van der Waals surface area contributed by atoms with Crippen LogP contribution in [0.15, 0.2) is 164 Å². The van der Waals surface area contributed by atoms with E-state index in [-0.39, 0.29) is 0 Å². The molecule has 0 atom stereocenters. The molecule has 4 nitrogen and oxygen atoms in total. The molecule has 0 aliphatic carbocycles. The number of nitrogens with zero attached hydrogens (tertiary/aromatic N) is 4. The molecule has 0 aliphatic heterocycles. The highest BCUT2D eigenvalue weighted by atomic mass is 15.2. The van der Waals surface area contributed by atoms with Crippen LogP contribution in [0.1, 0.15) is 6.92 Å². The van der Waals surface area contributed by atoms with Crippen molar-refractivity contribution in [2.75, 3.05) is 0 Å². The molecule has 0 spiro atoms. The highest BCUT2D eigenvalue weighted by molar-refractivity contribution is 6.08.